The van der Waals surface area contributed by atoms with Crippen molar-refractivity contribution < 1.29 is 18.0 Å². The Labute approximate surface area is 203 Å². The molecule has 4 aromatic rings. The van der Waals surface area contributed by atoms with E-state index >= 15 is 0 Å². The number of hydrogen-bond donors (Lipinski definition) is 0. The summed E-state index contributed by atoms with van der Waals surface area (Å²) in [4.78, 5) is 26.4. The lowest BCUT2D eigenvalue weighted by atomic mass is 9.87. The van der Waals surface area contributed by atoms with Gasteiger partial charge in [0.2, 0.25) is 11.6 Å². The molecule has 4 nitrogen and oxygen atoms in total. The van der Waals surface area contributed by atoms with Crippen LogP contribution in [0.1, 0.15) is 26.3 Å². The van der Waals surface area contributed by atoms with E-state index in [2.05, 4.69) is 0 Å². The van der Waals surface area contributed by atoms with Crippen molar-refractivity contribution in [2.75, 3.05) is 6.26 Å². The van der Waals surface area contributed by atoms with Crippen molar-refractivity contribution in [3.8, 4) is 22.3 Å². The van der Waals surface area contributed by atoms with Gasteiger partial charge in [0.05, 0.1) is 4.90 Å². The first-order valence-electron chi connectivity index (χ1n) is 10.5. The van der Waals surface area contributed by atoms with Crippen LogP contribution in [0, 0.1) is 6.92 Å². The SMILES string of the molecule is Cc1cc(Cl)cc(-c2ccccc2C(=O)C(=O)c2ccccc2)c1-c1ccc(S(C)(=O)=O)cc1. The van der Waals surface area contributed by atoms with Crippen molar-refractivity contribution in [2.24, 2.45) is 0 Å². The zero-order valence-electron chi connectivity index (χ0n) is 18.6. The molecule has 0 amide bonds. The fourth-order valence-corrected chi connectivity index (χ4v) is 4.87. The number of Topliss-reactive ketones (excluding diaryl/α,β-unsaturated/α-hetero) is 2. The Balaban J connectivity index is 1.89. The van der Waals surface area contributed by atoms with E-state index in [1.54, 1.807) is 84.9 Å². The third-order valence-electron chi connectivity index (χ3n) is 5.58. The van der Waals surface area contributed by atoms with Crippen LogP contribution in [0.2, 0.25) is 5.02 Å². The van der Waals surface area contributed by atoms with Crippen molar-refractivity contribution >= 4 is 33.0 Å². The molecule has 0 aliphatic heterocycles. The maximum Gasteiger partial charge on any atom is 0.234 e. The summed E-state index contributed by atoms with van der Waals surface area (Å²) < 4.78 is 23.8. The molecular weight excluding hydrogens is 468 g/mol. The second-order valence-corrected chi connectivity index (χ2v) is 10.5. The Hall–Kier alpha value is -3.54. The summed E-state index contributed by atoms with van der Waals surface area (Å²) in [5.74, 6) is -1.20. The Morgan fingerprint density at radius 3 is 2.00 bits per heavy atom. The fourth-order valence-electron chi connectivity index (χ4n) is 3.97. The number of carbonyl (C=O) groups is 2. The van der Waals surface area contributed by atoms with Crippen LogP contribution in [-0.4, -0.2) is 26.2 Å². The fraction of sp³-hybridized carbons (Fsp3) is 0.0714. The topological polar surface area (TPSA) is 68.3 Å². The number of hydrogen-bond acceptors (Lipinski definition) is 4. The van der Waals surface area contributed by atoms with Gasteiger partial charge < -0.3 is 0 Å². The average molecular weight is 489 g/mol. The summed E-state index contributed by atoms with van der Waals surface area (Å²) in [5.41, 5.74) is 4.27. The highest BCUT2D eigenvalue weighted by molar-refractivity contribution is 7.90. The molecule has 0 fully saturated rings. The van der Waals surface area contributed by atoms with Gasteiger partial charge in [0, 0.05) is 22.4 Å². The van der Waals surface area contributed by atoms with Crippen LogP contribution < -0.4 is 0 Å². The van der Waals surface area contributed by atoms with Crippen LogP contribution in [0.15, 0.2) is 95.9 Å². The van der Waals surface area contributed by atoms with E-state index in [9.17, 15) is 18.0 Å². The first kappa shape index (κ1) is 23.6. The second kappa shape index (κ2) is 9.37. The van der Waals surface area contributed by atoms with Gasteiger partial charge in [-0.2, -0.15) is 0 Å². The molecule has 0 aliphatic carbocycles. The molecule has 0 aliphatic rings. The van der Waals surface area contributed by atoms with Crippen molar-refractivity contribution in [3.63, 3.8) is 0 Å². The molecule has 0 N–H and O–H groups in total. The van der Waals surface area contributed by atoms with Gasteiger partial charge in [0.1, 0.15) is 0 Å². The molecule has 0 atom stereocenters. The van der Waals surface area contributed by atoms with E-state index in [0.717, 1.165) is 22.9 Å². The molecule has 0 saturated carbocycles. The lowest BCUT2D eigenvalue weighted by molar-refractivity contribution is 0.0817. The minimum absolute atomic E-state index is 0.216. The lowest BCUT2D eigenvalue weighted by Gasteiger charge is -2.17. The second-order valence-electron chi connectivity index (χ2n) is 8.01. The zero-order valence-corrected chi connectivity index (χ0v) is 20.2. The summed E-state index contributed by atoms with van der Waals surface area (Å²) in [5, 5.41) is 0.487. The van der Waals surface area contributed by atoms with Crippen LogP contribution >= 0.6 is 11.6 Å². The lowest BCUT2D eigenvalue weighted by Crippen LogP contribution is -2.15. The van der Waals surface area contributed by atoms with Crippen LogP contribution in [0.4, 0.5) is 0 Å². The molecule has 0 saturated heterocycles. The largest absolute Gasteiger partial charge is 0.285 e. The van der Waals surface area contributed by atoms with Gasteiger partial charge in [-0.05, 0) is 59.0 Å². The highest BCUT2D eigenvalue weighted by Gasteiger charge is 2.23. The molecule has 0 unspecified atom stereocenters. The Kier molecular flexibility index (Phi) is 6.51. The Morgan fingerprint density at radius 1 is 0.735 bits per heavy atom. The average Bonchev–Trinajstić information content (AvgIpc) is 2.83. The third kappa shape index (κ3) is 4.72. The summed E-state index contributed by atoms with van der Waals surface area (Å²) in [6, 6.07) is 25.5. The van der Waals surface area contributed by atoms with Crippen LogP contribution in [0.3, 0.4) is 0 Å². The summed E-state index contributed by atoms with van der Waals surface area (Å²) >= 11 is 6.40. The van der Waals surface area contributed by atoms with Crippen LogP contribution in [0.25, 0.3) is 22.3 Å². The zero-order chi connectivity index (χ0) is 24.5. The van der Waals surface area contributed by atoms with Crippen LogP contribution in [-0.2, 0) is 9.84 Å². The first-order chi connectivity index (χ1) is 16.2. The monoisotopic (exact) mass is 488 g/mol. The normalized spacial score (nSPS) is 11.3. The quantitative estimate of drug-likeness (QED) is 0.231. The highest BCUT2D eigenvalue weighted by atomic mass is 35.5. The number of carbonyl (C=O) groups excluding carboxylic acids is 2. The molecule has 0 heterocycles. The minimum Gasteiger partial charge on any atom is -0.285 e. The predicted molar refractivity (Wildman–Crippen MR) is 135 cm³/mol. The number of rotatable bonds is 6. The van der Waals surface area contributed by atoms with Crippen LogP contribution in [0.5, 0.6) is 0 Å². The molecule has 0 aromatic heterocycles. The van der Waals surface area contributed by atoms with E-state index in [1.807, 2.05) is 13.0 Å². The van der Waals surface area contributed by atoms with Crippen molar-refractivity contribution in [3.05, 3.63) is 113 Å². The van der Waals surface area contributed by atoms with Gasteiger partial charge in [0.15, 0.2) is 9.84 Å². The van der Waals surface area contributed by atoms with Gasteiger partial charge in [0.25, 0.3) is 0 Å². The summed E-state index contributed by atoms with van der Waals surface area (Å²) in [7, 11) is -3.34. The van der Waals surface area contributed by atoms with E-state index < -0.39 is 21.4 Å². The third-order valence-corrected chi connectivity index (χ3v) is 6.92. The smallest absolute Gasteiger partial charge is 0.234 e. The number of halogens is 1. The Morgan fingerprint density at radius 2 is 1.35 bits per heavy atom. The maximum atomic E-state index is 13.3. The van der Waals surface area contributed by atoms with Gasteiger partial charge in [-0.1, -0.05) is 78.3 Å². The van der Waals surface area contributed by atoms with E-state index in [1.165, 1.54) is 0 Å². The molecule has 6 heteroatoms. The van der Waals surface area contributed by atoms with Gasteiger partial charge >= 0.3 is 0 Å². The van der Waals surface area contributed by atoms with Gasteiger partial charge in [-0.15, -0.1) is 0 Å². The minimum atomic E-state index is -3.34. The molecule has 34 heavy (non-hydrogen) atoms. The van der Waals surface area contributed by atoms with E-state index in [-0.39, 0.29) is 10.5 Å². The molecule has 4 aromatic carbocycles. The standard InChI is InChI=1S/C28H21ClO4S/c1-18-16-21(29)17-25(26(18)19-12-14-22(15-13-19)34(2,32)33)23-10-6-7-11-24(23)28(31)27(30)20-8-4-3-5-9-20/h3-17H,1-2H3. The molecule has 0 radical (unpaired) electrons. The number of benzene rings is 4. The molecule has 4 rings (SSSR count). The van der Waals surface area contributed by atoms with Crippen molar-refractivity contribution in [2.45, 2.75) is 11.8 Å². The summed E-state index contributed by atoms with van der Waals surface area (Å²) in [6.07, 6.45) is 1.16. The van der Waals surface area contributed by atoms with Gasteiger partial charge in [-0.3, -0.25) is 9.59 Å². The summed E-state index contributed by atoms with van der Waals surface area (Å²) in [6.45, 7) is 1.90. The van der Waals surface area contributed by atoms with E-state index in [4.69, 9.17) is 11.6 Å². The Bertz CT molecular complexity index is 1510. The number of ketones is 2. The van der Waals surface area contributed by atoms with Crippen molar-refractivity contribution in [1.82, 2.24) is 0 Å². The first-order valence-corrected chi connectivity index (χ1v) is 12.8. The number of sulfone groups is 1. The van der Waals surface area contributed by atoms with Gasteiger partial charge in [-0.25, -0.2) is 8.42 Å². The highest BCUT2D eigenvalue weighted by Crippen LogP contribution is 2.39. The maximum absolute atomic E-state index is 13.3. The van der Waals surface area contributed by atoms with E-state index in [0.29, 0.717) is 21.7 Å². The number of aryl methyl sites for hydroxylation is 1. The molecule has 170 valence electrons. The molecule has 0 spiro atoms. The van der Waals surface area contributed by atoms with Crippen molar-refractivity contribution in [1.29, 1.82) is 0 Å². The molecular formula is C28H21ClO4S. The predicted octanol–water partition coefficient (Wildman–Crippen LogP) is 6.45. The molecule has 0 bridgehead atoms.